The van der Waals surface area contributed by atoms with Crippen molar-refractivity contribution >= 4 is 17.7 Å². The Labute approximate surface area is 142 Å². The summed E-state index contributed by atoms with van der Waals surface area (Å²) >= 11 is 1.65. The van der Waals surface area contributed by atoms with Crippen LogP contribution in [-0.2, 0) is 17.0 Å². The molecule has 0 aliphatic heterocycles. The van der Waals surface area contributed by atoms with E-state index in [9.17, 15) is 4.79 Å². The molecular formula is C19H23NO2S. The number of methoxy groups -OCH3 is 1. The zero-order valence-corrected chi connectivity index (χ0v) is 14.5. The number of carbonyl (C=O) groups is 1. The highest BCUT2D eigenvalue weighted by molar-refractivity contribution is 7.99. The van der Waals surface area contributed by atoms with Crippen LogP contribution in [0.2, 0.25) is 0 Å². The SMILES string of the molecule is COc1ccc(CCNC(=O)CSCc2ccccc2C)cc1. The highest BCUT2D eigenvalue weighted by Crippen LogP contribution is 2.15. The molecule has 2 rings (SSSR count). The summed E-state index contributed by atoms with van der Waals surface area (Å²) in [7, 11) is 1.66. The number of aryl methyl sites for hydroxylation is 1. The van der Waals surface area contributed by atoms with Crippen LogP contribution < -0.4 is 10.1 Å². The topological polar surface area (TPSA) is 38.3 Å². The lowest BCUT2D eigenvalue weighted by atomic mass is 10.1. The summed E-state index contributed by atoms with van der Waals surface area (Å²) in [6.07, 6.45) is 0.832. The van der Waals surface area contributed by atoms with E-state index in [1.807, 2.05) is 36.4 Å². The summed E-state index contributed by atoms with van der Waals surface area (Å²) in [6, 6.07) is 16.2. The van der Waals surface area contributed by atoms with Crippen LogP contribution in [0.25, 0.3) is 0 Å². The predicted octanol–water partition coefficient (Wildman–Crippen LogP) is 3.60. The molecule has 0 saturated heterocycles. The van der Waals surface area contributed by atoms with E-state index in [1.54, 1.807) is 18.9 Å². The van der Waals surface area contributed by atoms with Crippen molar-refractivity contribution in [3.8, 4) is 5.75 Å². The van der Waals surface area contributed by atoms with Crippen LogP contribution >= 0.6 is 11.8 Å². The van der Waals surface area contributed by atoms with Gasteiger partial charge in [0.05, 0.1) is 12.9 Å². The first-order valence-electron chi connectivity index (χ1n) is 7.71. The Kier molecular flexibility index (Phi) is 7.01. The van der Waals surface area contributed by atoms with Crippen LogP contribution in [0.5, 0.6) is 5.75 Å². The minimum Gasteiger partial charge on any atom is -0.497 e. The van der Waals surface area contributed by atoms with Crippen LogP contribution in [0, 0.1) is 6.92 Å². The first-order valence-corrected chi connectivity index (χ1v) is 8.86. The molecule has 0 radical (unpaired) electrons. The third-order valence-electron chi connectivity index (χ3n) is 3.65. The fourth-order valence-corrected chi connectivity index (χ4v) is 3.15. The average Bonchev–Trinajstić information content (AvgIpc) is 2.57. The molecule has 4 heteroatoms. The van der Waals surface area contributed by atoms with Gasteiger partial charge in [-0.05, 0) is 42.2 Å². The molecule has 1 N–H and O–H groups in total. The van der Waals surface area contributed by atoms with Gasteiger partial charge in [0.15, 0.2) is 0 Å². The fourth-order valence-electron chi connectivity index (χ4n) is 2.22. The van der Waals surface area contributed by atoms with E-state index in [1.165, 1.54) is 16.7 Å². The Morgan fingerprint density at radius 3 is 2.57 bits per heavy atom. The standard InChI is InChI=1S/C19H23NO2S/c1-15-5-3-4-6-17(15)13-23-14-19(21)20-12-11-16-7-9-18(22-2)10-8-16/h3-10H,11-14H2,1-2H3,(H,20,21). The summed E-state index contributed by atoms with van der Waals surface area (Å²) in [5.74, 6) is 2.32. The highest BCUT2D eigenvalue weighted by atomic mass is 32.2. The van der Waals surface area contributed by atoms with Crippen molar-refractivity contribution in [2.45, 2.75) is 19.1 Å². The van der Waals surface area contributed by atoms with Gasteiger partial charge in [-0.1, -0.05) is 36.4 Å². The fraction of sp³-hybridized carbons (Fsp3) is 0.316. The number of thioether (sulfide) groups is 1. The van der Waals surface area contributed by atoms with Gasteiger partial charge in [-0.15, -0.1) is 11.8 Å². The third kappa shape index (κ3) is 5.99. The first-order chi connectivity index (χ1) is 11.2. The molecule has 0 atom stereocenters. The van der Waals surface area contributed by atoms with E-state index in [-0.39, 0.29) is 5.91 Å². The van der Waals surface area contributed by atoms with Crippen LogP contribution in [0.15, 0.2) is 48.5 Å². The van der Waals surface area contributed by atoms with E-state index in [2.05, 4.69) is 24.4 Å². The van der Waals surface area contributed by atoms with Gasteiger partial charge < -0.3 is 10.1 Å². The van der Waals surface area contributed by atoms with Crippen LogP contribution in [0.1, 0.15) is 16.7 Å². The molecule has 23 heavy (non-hydrogen) atoms. The second-order valence-electron chi connectivity index (χ2n) is 5.37. The van der Waals surface area contributed by atoms with Crippen molar-refractivity contribution < 1.29 is 9.53 Å². The molecule has 3 nitrogen and oxygen atoms in total. The maximum Gasteiger partial charge on any atom is 0.230 e. The zero-order valence-electron chi connectivity index (χ0n) is 13.7. The van der Waals surface area contributed by atoms with Crippen molar-refractivity contribution in [1.82, 2.24) is 5.32 Å². The molecule has 0 aliphatic rings. The van der Waals surface area contributed by atoms with E-state index in [0.29, 0.717) is 12.3 Å². The van der Waals surface area contributed by atoms with Crippen molar-refractivity contribution in [3.05, 3.63) is 65.2 Å². The first kappa shape index (κ1) is 17.4. The molecule has 0 aliphatic carbocycles. The molecule has 0 spiro atoms. The number of rotatable bonds is 8. The highest BCUT2D eigenvalue weighted by Gasteiger charge is 2.03. The van der Waals surface area contributed by atoms with Gasteiger partial charge in [0.25, 0.3) is 0 Å². The van der Waals surface area contributed by atoms with Gasteiger partial charge in [0.1, 0.15) is 5.75 Å². The van der Waals surface area contributed by atoms with E-state index in [4.69, 9.17) is 4.74 Å². The van der Waals surface area contributed by atoms with Gasteiger partial charge >= 0.3 is 0 Å². The van der Waals surface area contributed by atoms with Crippen LogP contribution in [0.3, 0.4) is 0 Å². The monoisotopic (exact) mass is 329 g/mol. The molecular weight excluding hydrogens is 306 g/mol. The molecule has 0 saturated carbocycles. The Morgan fingerprint density at radius 1 is 1.13 bits per heavy atom. The lowest BCUT2D eigenvalue weighted by Crippen LogP contribution is -2.27. The number of amides is 1. The molecule has 0 unspecified atom stereocenters. The second kappa shape index (κ2) is 9.26. The summed E-state index contributed by atoms with van der Waals surface area (Å²) in [5, 5.41) is 2.97. The van der Waals surface area contributed by atoms with E-state index >= 15 is 0 Å². The van der Waals surface area contributed by atoms with Crippen molar-refractivity contribution in [3.63, 3.8) is 0 Å². The Morgan fingerprint density at radius 2 is 1.87 bits per heavy atom. The minimum atomic E-state index is 0.0945. The molecule has 0 bridgehead atoms. The zero-order chi connectivity index (χ0) is 16.5. The number of benzene rings is 2. The average molecular weight is 329 g/mol. The number of hydrogen-bond acceptors (Lipinski definition) is 3. The van der Waals surface area contributed by atoms with Crippen molar-refractivity contribution in [2.24, 2.45) is 0 Å². The molecule has 122 valence electrons. The predicted molar refractivity (Wildman–Crippen MR) is 97.0 cm³/mol. The van der Waals surface area contributed by atoms with E-state index < -0.39 is 0 Å². The smallest absolute Gasteiger partial charge is 0.230 e. The van der Waals surface area contributed by atoms with Gasteiger partial charge in [-0.25, -0.2) is 0 Å². The normalized spacial score (nSPS) is 10.3. The second-order valence-corrected chi connectivity index (χ2v) is 6.35. The number of carbonyl (C=O) groups excluding carboxylic acids is 1. The summed E-state index contributed by atoms with van der Waals surface area (Å²) in [5.41, 5.74) is 3.77. The summed E-state index contributed by atoms with van der Waals surface area (Å²) in [4.78, 5) is 11.9. The maximum absolute atomic E-state index is 11.9. The van der Waals surface area contributed by atoms with Crippen molar-refractivity contribution in [2.75, 3.05) is 19.4 Å². The Balaban J connectivity index is 1.64. The van der Waals surface area contributed by atoms with Crippen LogP contribution in [0.4, 0.5) is 0 Å². The third-order valence-corrected chi connectivity index (χ3v) is 4.63. The van der Waals surface area contributed by atoms with Crippen molar-refractivity contribution in [1.29, 1.82) is 0 Å². The summed E-state index contributed by atoms with van der Waals surface area (Å²) < 4.78 is 5.13. The van der Waals surface area contributed by atoms with Gasteiger partial charge in [-0.2, -0.15) is 0 Å². The molecule has 0 heterocycles. The van der Waals surface area contributed by atoms with Gasteiger partial charge in [-0.3, -0.25) is 4.79 Å². The van der Waals surface area contributed by atoms with E-state index in [0.717, 1.165) is 17.9 Å². The Hall–Kier alpha value is -1.94. The van der Waals surface area contributed by atoms with Gasteiger partial charge in [0.2, 0.25) is 5.91 Å². The quantitative estimate of drug-likeness (QED) is 0.804. The molecule has 2 aromatic carbocycles. The molecule has 1 amide bonds. The molecule has 0 aromatic heterocycles. The minimum absolute atomic E-state index is 0.0945. The molecule has 0 fully saturated rings. The molecule has 2 aromatic rings. The number of hydrogen-bond donors (Lipinski definition) is 1. The Bertz CT molecular complexity index is 626. The largest absolute Gasteiger partial charge is 0.497 e. The lowest BCUT2D eigenvalue weighted by molar-refractivity contribution is -0.118. The summed E-state index contributed by atoms with van der Waals surface area (Å²) in [6.45, 7) is 2.76. The number of ether oxygens (including phenoxy) is 1. The van der Waals surface area contributed by atoms with Gasteiger partial charge in [0, 0.05) is 12.3 Å². The lowest BCUT2D eigenvalue weighted by Gasteiger charge is -2.07. The maximum atomic E-state index is 11.9. The van der Waals surface area contributed by atoms with Crippen LogP contribution in [-0.4, -0.2) is 25.3 Å². The number of nitrogens with one attached hydrogen (secondary N) is 1.